The van der Waals surface area contributed by atoms with Crippen LogP contribution < -0.4 is 5.32 Å². The molecule has 0 bridgehead atoms. The Hall–Kier alpha value is -0.570. The smallest absolute Gasteiger partial charge is 0.230 e. The van der Waals surface area contributed by atoms with Crippen LogP contribution in [-0.4, -0.2) is 36.5 Å². The average molecular weight is 210 g/mol. The van der Waals surface area contributed by atoms with Crippen molar-refractivity contribution >= 4 is 5.91 Å². The van der Waals surface area contributed by atoms with Crippen molar-refractivity contribution in [2.45, 2.75) is 45.6 Å². The molecule has 1 amide bonds. The van der Waals surface area contributed by atoms with Crippen LogP contribution in [0.3, 0.4) is 0 Å². The minimum Gasteiger partial charge on any atom is -0.340 e. The van der Waals surface area contributed by atoms with Crippen molar-refractivity contribution in [2.75, 3.05) is 19.6 Å². The van der Waals surface area contributed by atoms with Gasteiger partial charge in [-0.25, -0.2) is 0 Å². The fourth-order valence-electron chi connectivity index (χ4n) is 2.87. The third-order valence-electron chi connectivity index (χ3n) is 3.89. The number of carbonyl (C=O) groups is 1. The second-order valence-electron chi connectivity index (χ2n) is 5.26. The Kier molecular flexibility index (Phi) is 3.01. The predicted octanol–water partition coefficient (Wildman–Crippen LogP) is 1.39. The number of likely N-dealkylation sites (tertiary alicyclic amines) is 1. The lowest BCUT2D eigenvalue weighted by Crippen LogP contribution is -2.42. The van der Waals surface area contributed by atoms with Gasteiger partial charge in [0.1, 0.15) is 0 Å². The number of carbonyl (C=O) groups excluding carboxylic acids is 1. The van der Waals surface area contributed by atoms with E-state index in [1.165, 1.54) is 12.8 Å². The van der Waals surface area contributed by atoms with Gasteiger partial charge < -0.3 is 10.2 Å². The number of nitrogens with zero attached hydrogens (tertiary/aromatic N) is 1. The Bertz CT molecular complexity index is 242. The molecule has 1 spiro atoms. The minimum absolute atomic E-state index is 0.0548. The lowest BCUT2D eigenvalue weighted by molar-refractivity contribution is -0.137. The first kappa shape index (κ1) is 10.9. The molecule has 2 saturated heterocycles. The Morgan fingerprint density at radius 3 is 2.80 bits per heavy atom. The van der Waals surface area contributed by atoms with Gasteiger partial charge in [-0.15, -0.1) is 0 Å². The molecule has 3 heteroatoms. The van der Waals surface area contributed by atoms with Crippen molar-refractivity contribution < 1.29 is 4.79 Å². The third kappa shape index (κ3) is 1.89. The van der Waals surface area contributed by atoms with Gasteiger partial charge in [-0.2, -0.15) is 0 Å². The Morgan fingerprint density at radius 2 is 2.13 bits per heavy atom. The van der Waals surface area contributed by atoms with E-state index in [1.54, 1.807) is 0 Å². The number of rotatable bonds is 1. The second-order valence-corrected chi connectivity index (χ2v) is 5.26. The summed E-state index contributed by atoms with van der Waals surface area (Å²) in [5.41, 5.74) is -0.0548. The van der Waals surface area contributed by atoms with Gasteiger partial charge in [0.2, 0.25) is 5.91 Å². The number of amides is 1. The van der Waals surface area contributed by atoms with Crippen LogP contribution in [0.25, 0.3) is 0 Å². The van der Waals surface area contributed by atoms with Gasteiger partial charge in [0.15, 0.2) is 0 Å². The first-order valence-corrected chi connectivity index (χ1v) is 6.17. The van der Waals surface area contributed by atoms with Gasteiger partial charge in [0, 0.05) is 19.1 Å². The highest BCUT2D eigenvalue weighted by atomic mass is 16.2. The van der Waals surface area contributed by atoms with Crippen LogP contribution in [0.1, 0.15) is 39.5 Å². The number of hydrogen-bond acceptors (Lipinski definition) is 2. The van der Waals surface area contributed by atoms with E-state index in [-0.39, 0.29) is 5.41 Å². The molecule has 0 aromatic rings. The van der Waals surface area contributed by atoms with Crippen molar-refractivity contribution in [2.24, 2.45) is 5.41 Å². The average Bonchev–Trinajstić information content (AvgIpc) is 2.38. The summed E-state index contributed by atoms with van der Waals surface area (Å²) >= 11 is 0. The van der Waals surface area contributed by atoms with E-state index in [1.807, 2.05) is 4.90 Å². The molecule has 0 radical (unpaired) electrons. The molecule has 2 aliphatic rings. The van der Waals surface area contributed by atoms with Gasteiger partial charge in [-0.3, -0.25) is 4.79 Å². The summed E-state index contributed by atoms with van der Waals surface area (Å²) < 4.78 is 0. The molecule has 0 aliphatic carbocycles. The van der Waals surface area contributed by atoms with Crippen molar-refractivity contribution in [3.63, 3.8) is 0 Å². The van der Waals surface area contributed by atoms with Crippen LogP contribution in [0.4, 0.5) is 0 Å². The Balaban J connectivity index is 2.12. The van der Waals surface area contributed by atoms with Gasteiger partial charge in [0.25, 0.3) is 0 Å². The van der Waals surface area contributed by atoms with Crippen LogP contribution in [0.2, 0.25) is 0 Å². The maximum absolute atomic E-state index is 12.4. The van der Waals surface area contributed by atoms with E-state index in [0.29, 0.717) is 11.9 Å². The normalized spacial score (nSPS) is 32.7. The van der Waals surface area contributed by atoms with Crippen LogP contribution in [0.5, 0.6) is 0 Å². The molecule has 15 heavy (non-hydrogen) atoms. The van der Waals surface area contributed by atoms with E-state index in [4.69, 9.17) is 0 Å². The van der Waals surface area contributed by atoms with Crippen LogP contribution in [0, 0.1) is 5.41 Å². The zero-order chi connectivity index (χ0) is 10.9. The van der Waals surface area contributed by atoms with Crippen molar-refractivity contribution in [3.8, 4) is 0 Å². The van der Waals surface area contributed by atoms with Crippen LogP contribution in [-0.2, 0) is 4.79 Å². The minimum atomic E-state index is -0.0548. The van der Waals surface area contributed by atoms with E-state index in [2.05, 4.69) is 19.2 Å². The number of nitrogens with one attached hydrogen (secondary N) is 1. The largest absolute Gasteiger partial charge is 0.340 e. The molecular weight excluding hydrogens is 188 g/mol. The summed E-state index contributed by atoms with van der Waals surface area (Å²) in [4.78, 5) is 14.4. The summed E-state index contributed by atoms with van der Waals surface area (Å²) in [5.74, 6) is 0.395. The van der Waals surface area contributed by atoms with Crippen LogP contribution in [0.15, 0.2) is 0 Å². The molecule has 0 aromatic heterocycles. The van der Waals surface area contributed by atoms with Gasteiger partial charge in [-0.1, -0.05) is 6.42 Å². The highest BCUT2D eigenvalue weighted by Gasteiger charge is 2.46. The van der Waals surface area contributed by atoms with E-state index >= 15 is 0 Å². The highest BCUT2D eigenvalue weighted by Crippen LogP contribution is 2.38. The monoisotopic (exact) mass is 210 g/mol. The summed E-state index contributed by atoms with van der Waals surface area (Å²) in [5, 5.41) is 3.42. The van der Waals surface area contributed by atoms with Crippen LogP contribution >= 0.6 is 0 Å². The molecule has 2 aliphatic heterocycles. The van der Waals surface area contributed by atoms with Crippen molar-refractivity contribution in [1.29, 1.82) is 0 Å². The molecule has 1 unspecified atom stereocenters. The molecule has 86 valence electrons. The highest BCUT2D eigenvalue weighted by molar-refractivity contribution is 5.85. The predicted molar refractivity (Wildman–Crippen MR) is 60.6 cm³/mol. The van der Waals surface area contributed by atoms with Crippen molar-refractivity contribution in [1.82, 2.24) is 10.2 Å². The van der Waals surface area contributed by atoms with Crippen molar-refractivity contribution in [3.05, 3.63) is 0 Å². The summed E-state index contributed by atoms with van der Waals surface area (Å²) in [6.45, 7) is 7.16. The molecule has 3 nitrogen and oxygen atoms in total. The zero-order valence-electron chi connectivity index (χ0n) is 9.88. The fraction of sp³-hybridized carbons (Fsp3) is 0.917. The fourth-order valence-corrected chi connectivity index (χ4v) is 2.87. The molecule has 1 N–H and O–H groups in total. The molecule has 2 fully saturated rings. The van der Waals surface area contributed by atoms with E-state index in [9.17, 15) is 4.79 Å². The molecular formula is C12H22N2O. The topological polar surface area (TPSA) is 32.3 Å². The maximum Gasteiger partial charge on any atom is 0.230 e. The first-order chi connectivity index (χ1) is 7.16. The van der Waals surface area contributed by atoms with Gasteiger partial charge in [-0.05, 0) is 39.7 Å². The molecule has 1 atom stereocenters. The summed E-state index contributed by atoms with van der Waals surface area (Å²) in [7, 11) is 0. The zero-order valence-corrected chi connectivity index (χ0v) is 9.88. The maximum atomic E-state index is 12.4. The van der Waals surface area contributed by atoms with E-state index < -0.39 is 0 Å². The second kappa shape index (κ2) is 4.12. The molecule has 2 rings (SSSR count). The molecule has 2 heterocycles. The SMILES string of the molecule is CC(C)N1CCC2(CCCCNC2)C1=O. The summed E-state index contributed by atoms with van der Waals surface area (Å²) in [6.07, 6.45) is 4.56. The number of hydrogen-bond donors (Lipinski definition) is 1. The lowest BCUT2D eigenvalue weighted by Gasteiger charge is -2.28. The summed E-state index contributed by atoms with van der Waals surface area (Å²) in [6, 6.07) is 0.361. The third-order valence-corrected chi connectivity index (χ3v) is 3.89. The molecule has 0 aromatic carbocycles. The Labute approximate surface area is 92.2 Å². The van der Waals surface area contributed by atoms with Gasteiger partial charge >= 0.3 is 0 Å². The van der Waals surface area contributed by atoms with E-state index in [0.717, 1.165) is 32.5 Å². The first-order valence-electron chi connectivity index (χ1n) is 6.17. The lowest BCUT2D eigenvalue weighted by atomic mass is 9.82. The standard InChI is InChI=1S/C12H22N2O/c1-10(2)14-8-6-12(11(14)15)5-3-4-7-13-9-12/h10,13H,3-9H2,1-2H3. The van der Waals surface area contributed by atoms with Gasteiger partial charge in [0.05, 0.1) is 5.41 Å². The quantitative estimate of drug-likeness (QED) is 0.709. The molecule has 0 saturated carbocycles. The Morgan fingerprint density at radius 1 is 1.33 bits per heavy atom.